The summed E-state index contributed by atoms with van der Waals surface area (Å²) in [4.78, 5) is 2.36. The number of hydrogen-bond donors (Lipinski definition) is 0. The quantitative estimate of drug-likeness (QED) is 0.829. The van der Waals surface area contributed by atoms with Gasteiger partial charge in [0.05, 0.1) is 6.07 Å². The molecule has 1 aromatic carbocycles. The topological polar surface area (TPSA) is 27.0 Å². The Kier molecular flexibility index (Phi) is 4.50. The maximum absolute atomic E-state index is 9.65. The number of hydrogen-bond acceptors (Lipinski definition) is 2. The van der Waals surface area contributed by atoms with Crippen LogP contribution in [0.3, 0.4) is 0 Å². The summed E-state index contributed by atoms with van der Waals surface area (Å²) in [5.74, 6) is 0.275. The molecule has 0 N–H and O–H groups in total. The minimum Gasteiger partial charge on any atom is -0.288 e. The summed E-state index contributed by atoms with van der Waals surface area (Å²) in [6.45, 7) is 13.1. The van der Waals surface area contributed by atoms with Gasteiger partial charge in [-0.2, -0.15) is 5.26 Å². The van der Waals surface area contributed by atoms with Crippen LogP contribution in [-0.4, -0.2) is 24.0 Å². The fraction of sp³-hybridized carbons (Fsp3) is 0.611. The molecule has 0 aromatic heterocycles. The van der Waals surface area contributed by atoms with Gasteiger partial charge in [-0.3, -0.25) is 4.90 Å². The molecule has 0 amide bonds. The molecule has 0 bridgehead atoms. The number of nitrogens with zero attached hydrogens (tertiary/aromatic N) is 2. The van der Waals surface area contributed by atoms with Gasteiger partial charge in [-0.1, -0.05) is 13.0 Å². The van der Waals surface area contributed by atoms with Crippen LogP contribution in [0.5, 0.6) is 0 Å². The van der Waals surface area contributed by atoms with E-state index in [9.17, 15) is 5.26 Å². The largest absolute Gasteiger partial charge is 0.288 e. The maximum Gasteiger partial charge on any atom is 0.104 e. The first-order valence-corrected chi connectivity index (χ1v) is 7.68. The van der Waals surface area contributed by atoms with Crippen LogP contribution < -0.4 is 0 Å². The Morgan fingerprint density at radius 2 is 1.55 bits per heavy atom. The molecule has 2 atom stereocenters. The van der Waals surface area contributed by atoms with Gasteiger partial charge in [-0.05, 0) is 81.4 Å². The monoisotopic (exact) mass is 270 g/mol. The maximum atomic E-state index is 9.65. The highest BCUT2D eigenvalue weighted by atomic mass is 15.2. The highest BCUT2D eigenvalue weighted by Crippen LogP contribution is 2.33. The number of benzene rings is 1. The molecule has 1 fully saturated rings. The van der Waals surface area contributed by atoms with Crippen LogP contribution in [0.25, 0.3) is 0 Å². The molecule has 0 spiro atoms. The summed E-state index contributed by atoms with van der Waals surface area (Å²) in [5, 5.41) is 9.65. The predicted octanol–water partition coefficient (Wildman–Crippen LogP) is 4.01. The van der Waals surface area contributed by atoms with Crippen molar-refractivity contribution in [3.05, 3.63) is 33.9 Å². The highest BCUT2D eigenvalue weighted by Gasteiger charge is 2.29. The zero-order valence-corrected chi connectivity index (χ0v) is 13.5. The number of likely N-dealkylation sites (tertiary alicyclic amines) is 1. The average molecular weight is 270 g/mol. The van der Waals surface area contributed by atoms with Crippen molar-refractivity contribution in [1.82, 2.24) is 4.90 Å². The third-order valence-electron chi connectivity index (χ3n) is 5.02. The first-order valence-electron chi connectivity index (χ1n) is 7.68. The highest BCUT2D eigenvalue weighted by molar-refractivity contribution is 5.46. The molecule has 0 radical (unpaired) electrons. The number of rotatable bonds is 3. The van der Waals surface area contributed by atoms with Crippen molar-refractivity contribution in [2.24, 2.45) is 0 Å². The van der Waals surface area contributed by atoms with Crippen LogP contribution in [0.15, 0.2) is 6.07 Å². The molecule has 2 unspecified atom stereocenters. The lowest BCUT2D eigenvalue weighted by Gasteiger charge is -2.30. The summed E-state index contributed by atoms with van der Waals surface area (Å²) in [7, 11) is 0. The van der Waals surface area contributed by atoms with Crippen molar-refractivity contribution in [3.63, 3.8) is 0 Å². The Morgan fingerprint density at radius 3 is 2.00 bits per heavy atom. The van der Waals surface area contributed by atoms with Crippen LogP contribution in [0.1, 0.15) is 53.5 Å². The molecule has 2 nitrogen and oxygen atoms in total. The SMILES string of the molecule is Cc1cc(C)c(C)c(C(C)C(C#N)N2CCCC2)c1C. The van der Waals surface area contributed by atoms with Gasteiger partial charge in [0, 0.05) is 5.92 Å². The third kappa shape index (κ3) is 2.60. The lowest BCUT2D eigenvalue weighted by Crippen LogP contribution is -2.36. The smallest absolute Gasteiger partial charge is 0.104 e. The van der Waals surface area contributed by atoms with E-state index in [1.54, 1.807) is 0 Å². The van der Waals surface area contributed by atoms with E-state index < -0.39 is 0 Å². The van der Waals surface area contributed by atoms with E-state index in [4.69, 9.17) is 0 Å². The van der Waals surface area contributed by atoms with Gasteiger partial charge >= 0.3 is 0 Å². The molecule has 0 aliphatic carbocycles. The lowest BCUT2D eigenvalue weighted by atomic mass is 9.83. The van der Waals surface area contributed by atoms with E-state index in [1.807, 2.05) is 0 Å². The molecule has 108 valence electrons. The molecule has 1 saturated heterocycles. The summed E-state index contributed by atoms with van der Waals surface area (Å²) >= 11 is 0. The summed E-state index contributed by atoms with van der Waals surface area (Å²) in [6.07, 6.45) is 2.46. The van der Waals surface area contributed by atoms with E-state index in [2.05, 4.69) is 51.7 Å². The van der Waals surface area contributed by atoms with Crippen LogP contribution in [0.2, 0.25) is 0 Å². The molecular weight excluding hydrogens is 244 g/mol. The normalized spacial score (nSPS) is 18.8. The van der Waals surface area contributed by atoms with E-state index in [1.165, 1.54) is 40.7 Å². The van der Waals surface area contributed by atoms with E-state index >= 15 is 0 Å². The molecular formula is C18H26N2. The second-order valence-electron chi connectivity index (χ2n) is 6.28. The molecule has 2 heteroatoms. The van der Waals surface area contributed by atoms with Gasteiger partial charge in [-0.25, -0.2) is 0 Å². The van der Waals surface area contributed by atoms with Crippen LogP contribution >= 0.6 is 0 Å². The average Bonchev–Trinajstić information content (AvgIpc) is 2.91. The Morgan fingerprint density at radius 1 is 1.05 bits per heavy atom. The van der Waals surface area contributed by atoms with Crippen molar-refractivity contribution in [2.45, 2.75) is 59.4 Å². The van der Waals surface area contributed by atoms with Gasteiger partial charge in [0.1, 0.15) is 6.04 Å². The first kappa shape index (κ1) is 15.1. The second-order valence-corrected chi connectivity index (χ2v) is 6.28. The second kappa shape index (κ2) is 5.97. The van der Waals surface area contributed by atoms with Crippen molar-refractivity contribution < 1.29 is 0 Å². The van der Waals surface area contributed by atoms with Crippen molar-refractivity contribution >= 4 is 0 Å². The molecule has 0 saturated carbocycles. The fourth-order valence-electron chi connectivity index (χ4n) is 3.62. The van der Waals surface area contributed by atoms with Crippen LogP contribution in [-0.2, 0) is 0 Å². The van der Waals surface area contributed by atoms with Gasteiger partial charge in [0.2, 0.25) is 0 Å². The number of nitriles is 1. The minimum absolute atomic E-state index is 0.0103. The van der Waals surface area contributed by atoms with Crippen molar-refractivity contribution in [3.8, 4) is 6.07 Å². The van der Waals surface area contributed by atoms with Gasteiger partial charge in [-0.15, -0.1) is 0 Å². The summed E-state index contributed by atoms with van der Waals surface area (Å²) < 4.78 is 0. The Balaban J connectivity index is 2.42. The lowest BCUT2D eigenvalue weighted by molar-refractivity contribution is 0.262. The predicted molar refractivity (Wildman–Crippen MR) is 84.0 cm³/mol. The van der Waals surface area contributed by atoms with E-state index in [-0.39, 0.29) is 12.0 Å². The Hall–Kier alpha value is -1.33. The molecule has 1 aliphatic heterocycles. The summed E-state index contributed by atoms with van der Waals surface area (Å²) in [6, 6.07) is 4.83. The first-order chi connectivity index (χ1) is 9.47. The van der Waals surface area contributed by atoms with Gasteiger partial charge in [0.25, 0.3) is 0 Å². The summed E-state index contributed by atoms with van der Waals surface area (Å²) in [5.41, 5.74) is 6.79. The Labute approximate surface area is 123 Å². The number of aryl methyl sites for hydroxylation is 2. The minimum atomic E-state index is 0.0103. The van der Waals surface area contributed by atoms with Gasteiger partial charge in [0.15, 0.2) is 0 Å². The van der Waals surface area contributed by atoms with Gasteiger partial charge < -0.3 is 0 Å². The van der Waals surface area contributed by atoms with Crippen LogP contribution in [0.4, 0.5) is 0 Å². The zero-order valence-electron chi connectivity index (χ0n) is 13.5. The molecule has 1 aliphatic rings. The fourth-order valence-corrected chi connectivity index (χ4v) is 3.62. The molecule has 1 aromatic rings. The van der Waals surface area contributed by atoms with Crippen LogP contribution in [0, 0.1) is 39.0 Å². The standard InChI is InChI=1S/C18H26N2/c1-12-10-13(2)15(4)18(14(12)3)16(5)17(11-19)20-8-6-7-9-20/h10,16-17H,6-9H2,1-5H3. The molecule has 2 rings (SSSR count). The third-order valence-corrected chi connectivity index (χ3v) is 5.02. The van der Waals surface area contributed by atoms with Crippen molar-refractivity contribution in [2.75, 3.05) is 13.1 Å². The van der Waals surface area contributed by atoms with Crippen molar-refractivity contribution in [1.29, 1.82) is 5.26 Å². The Bertz CT molecular complexity index is 507. The molecule has 20 heavy (non-hydrogen) atoms. The van der Waals surface area contributed by atoms with E-state index in [0.717, 1.165) is 13.1 Å². The molecule has 1 heterocycles. The zero-order chi connectivity index (χ0) is 14.9. The van der Waals surface area contributed by atoms with E-state index in [0.29, 0.717) is 0 Å².